The third-order valence-electron chi connectivity index (χ3n) is 4.70. The molecule has 0 aromatic rings. The summed E-state index contributed by atoms with van der Waals surface area (Å²) in [5.41, 5.74) is 7.03. The van der Waals surface area contributed by atoms with Crippen molar-refractivity contribution in [2.24, 2.45) is 11.1 Å². The van der Waals surface area contributed by atoms with E-state index in [0.29, 0.717) is 5.41 Å². The molecule has 1 nitrogen and oxygen atoms in total. The van der Waals surface area contributed by atoms with E-state index in [-0.39, 0.29) is 5.54 Å². The first-order valence-electron chi connectivity index (χ1n) is 8.20. The lowest BCUT2D eigenvalue weighted by atomic mass is 9.79. The average Bonchev–Trinajstić information content (AvgIpc) is 2.25. The summed E-state index contributed by atoms with van der Waals surface area (Å²) in [6.45, 7) is 7.13. The summed E-state index contributed by atoms with van der Waals surface area (Å²) in [7, 11) is 0. The van der Waals surface area contributed by atoms with Gasteiger partial charge in [-0.15, -0.1) is 0 Å². The molecular formula is C17H35N. The highest BCUT2D eigenvalue weighted by Crippen LogP contribution is 2.32. The molecule has 1 rings (SSSR count). The van der Waals surface area contributed by atoms with E-state index in [1.54, 1.807) is 0 Å². The maximum atomic E-state index is 6.42. The van der Waals surface area contributed by atoms with Crippen molar-refractivity contribution in [2.45, 2.75) is 103 Å². The van der Waals surface area contributed by atoms with Crippen LogP contribution in [0.25, 0.3) is 0 Å². The van der Waals surface area contributed by atoms with Crippen LogP contribution in [0.5, 0.6) is 0 Å². The monoisotopic (exact) mass is 253 g/mol. The van der Waals surface area contributed by atoms with Crippen LogP contribution < -0.4 is 5.73 Å². The van der Waals surface area contributed by atoms with Gasteiger partial charge >= 0.3 is 0 Å². The predicted molar refractivity (Wildman–Crippen MR) is 81.8 cm³/mol. The van der Waals surface area contributed by atoms with E-state index in [9.17, 15) is 0 Å². The molecule has 1 aliphatic carbocycles. The second-order valence-corrected chi connectivity index (χ2v) is 7.65. The number of hydrogen-bond acceptors (Lipinski definition) is 1. The molecule has 0 amide bonds. The summed E-state index contributed by atoms with van der Waals surface area (Å²) < 4.78 is 0. The molecule has 108 valence electrons. The van der Waals surface area contributed by atoms with Crippen molar-refractivity contribution in [1.29, 1.82) is 0 Å². The molecule has 0 radical (unpaired) electrons. The van der Waals surface area contributed by atoms with E-state index < -0.39 is 0 Å². The molecule has 0 aromatic carbocycles. The van der Waals surface area contributed by atoms with Gasteiger partial charge in [0.15, 0.2) is 0 Å². The van der Waals surface area contributed by atoms with Crippen molar-refractivity contribution in [1.82, 2.24) is 0 Å². The first-order valence-corrected chi connectivity index (χ1v) is 8.20. The Morgan fingerprint density at radius 1 is 0.556 bits per heavy atom. The SMILES string of the molecule is CC1(C)CCCCCCCCCC(C)(N)CCC1. The zero-order valence-corrected chi connectivity index (χ0v) is 13.1. The van der Waals surface area contributed by atoms with Crippen molar-refractivity contribution >= 4 is 0 Å². The molecule has 1 saturated carbocycles. The third kappa shape index (κ3) is 7.41. The molecule has 0 saturated heterocycles. The Balaban J connectivity index is 2.42. The van der Waals surface area contributed by atoms with Gasteiger partial charge in [-0.05, 0) is 38.0 Å². The average molecular weight is 253 g/mol. The standard InChI is InChI=1S/C17H35N/c1-16(2)12-9-7-5-4-6-8-10-14-17(3,18)15-11-13-16/h4-15,18H2,1-3H3. The fourth-order valence-electron chi connectivity index (χ4n) is 3.24. The van der Waals surface area contributed by atoms with Crippen LogP contribution in [-0.4, -0.2) is 5.54 Å². The minimum atomic E-state index is 0.0835. The highest BCUT2D eigenvalue weighted by Gasteiger charge is 2.21. The van der Waals surface area contributed by atoms with E-state index in [2.05, 4.69) is 20.8 Å². The van der Waals surface area contributed by atoms with Crippen LogP contribution in [0.3, 0.4) is 0 Å². The highest BCUT2D eigenvalue weighted by atomic mass is 14.7. The molecule has 0 aromatic heterocycles. The van der Waals surface area contributed by atoms with Crippen molar-refractivity contribution in [3.63, 3.8) is 0 Å². The number of hydrogen-bond donors (Lipinski definition) is 1. The van der Waals surface area contributed by atoms with E-state index in [1.807, 2.05) is 0 Å². The Bertz CT molecular complexity index is 196. The summed E-state index contributed by atoms with van der Waals surface area (Å²) in [6, 6.07) is 0. The van der Waals surface area contributed by atoms with Gasteiger partial charge in [0, 0.05) is 5.54 Å². The van der Waals surface area contributed by atoms with Gasteiger partial charge < -0.3 is 5.73 Å². The van der Waals surface area contributed by atoms with Gasteiger partial charge in [0.1, 0.15) is 0 Å². The molecule has 1 unspecified atom stereocenters. The van der Waals surface area contributed by atoms with Crippen molar-refractivity contribution in [3.05, 3.63) is 0 Å². The lowest BCUT2D eigenvalue weighted by Crippen LogP contribution is -2.36. The minimum absolute atomic E-state index is 0.0835. The van der Waals surface area contributed by atoms with Crippen molar-refractivity contribution in [2.75, 3.05) is 0 Å². The minimum Gasteiger partial charge on any atom is -0.325 e. The highest BCUT2D eigenvalue weighted by molar-refractivity contribution is 4.80. The fourth-order valence-corrected chi connectivity index (χ4v) is 3.24. The Hall–Kier alpha value is -0.0400. The predicted octanol–water partition coefficient (Wildman–Crippen LogP) is 5.42. The quantitative estimate of drug-likeness (QED) is 0.612. The van der Waals surface area contributed by atoms with Crippen LogP contribution in [0.1, 0.15) is 97.8 Å². The van der Waals surface area contributed by atoms with E-state index in [1.165, 1.54) is 77.0 Å². The molecule has 0 spiro atoms. The lowest BCUT2D eigenvalue weighted by molar-refractivity contribution is 0.261. The lowest BCUT2D eigenvalue weighted by Gasteiger charge is -2.29. The van der Waals surface area contributed by atoms with Gasteiger partial charge in [-0.2, -0.15) is 0 Å². The summed E-state index contributed by atoms with van der Waals surface area (Å²) >= 11 is 0. The molecule has 0 bridgehead atoms. The number of rotatable bonds is 0. The van der Waals surface area contributed by atoms with Crippen LogP contribution in [0, 0.1) is 5.41 Å². The molecule has 1 aliphatic rings. The van der Waals surface area contributed by atoms with Gasteiger partial charge in [-0.3, -0.25) is 0 Å². The van der Waals surface area contributed by atoms with Crippen LogP contribution >= 0.6 is 0 Å². The second-order valence-electron chi connectivity index (χ2n) is 7.65. The van der Waals surface area contributed by atoms with Gasteiger partial charge in [-0.25, -0.2) is 0 Å². The second kappa shape index (κ2) is 7.53. The first-order chi connectivity index (χ1) is 8.41. The van der Waals surface area contributed by atoms with Gasteiger partial charge in [0.2, 0.25) is 0 Å². The smallest absolute Gasteiger partial charge is 0.0125 e. The zero-order chi connectivity index (χ0) is 13.5. The number of nitrogens with two attached hydrogens (primary N) is 1. The normalized spacial score (nSPS) is 32.7. The summed E-state index contributed by atoms with van der Waals surface area (Å²) in [5.74, 6) is 0. The van der Waals surface area contributed by atoms with E-state index in [4.69, 9.17) is 5.73 Å². The first kappa shape index (κ1) is 16.0. The molecule has 0 heterocycles. The Kier molecular flexibility index (Phi) is 6.70. The molecule has 1 fully saturated rings. The van der Waals surface area contributed by atoms with Crippen LogP contribution in [0.2, 0.25) is 0 Å². The molecule has 0 aliphatic heterocycles. The topological polar surface area (TPSA) is 26.0 Å². The Labute approximate surface area is 115 Å². The van der Waals surface area contributed by atoms with Gasteiger partial charge in [-0.1, -0.05) is 65.2 Å². The van der Waals surface area contributed by atoms with Crippen LogP contribution in [-0.2, 0) is 0 Å². The molecule has 1 atom stereocenters. The summed E-state index contributed by atoms with van der Waals surface area (Å²) in [6.07, 6.45) is 16.3. The Morgan fingerprint density at radius 3 is 1.56 bits per heavy atom. The largest absolute Gasteiger partial charge is 0.325 e. The molecule has 2 N–H and O–H groups in total. The van der Waals surface area contributed by atoms with E-state index in [0.717, 1.165) is 0 Å². The maximum absolute atomic E-state index is 6.42. The van der Waals surface area contributed by atoms with Crippen LogP contribution in [0.15, 0.2) is 0 Å². The van der Waals surface area contributed by atoms with Gasteiger partial charge in [0.25, 0.3) is 0 Å². The van der Waals surface area contributed by atoms with E-state index >= 15 is 0 Å². The molecule has 18 heavy (non-hydrogen) atoms. The zero-order valence-electron chi connectivity index (χ0n) is 13.1. The Morgan fingerprint density at radius 2 is 0.944 bits per heavy atom. The summed E-state index contributed by atoms with van der Waals surface area (Å²) in [4.78, 5) is 0. The summed E-state index contributed by atoms with van der Waals surface area (Å²) in [5, 5.41) is 0. The molecule has 1 heteroatoms. The third-order valence-corrected chi connectivity index (χ3v) is 4.70. The van der Waals surface area contributed by atoms with Crippen LogP contribution in [0.4, 0.5) is 0 Å². The maximum Gasteiger partial charge on any atom is 0.0125 e. The fraction of sp³-hybridized carbons (Fsp3) is 1.00. The van der Waals surface area contributed by atoms with Crippen molar-refractivity contribution in [3.8, 4) is 0 Å². The molecular weight excluding hydrogens is 218 g/mol. The van der Waals surface area contributed by atoms with Crippen molar-refractivity contribution < 1.29 is 0 Å². The van der Waals surface area contributed by atoms with Gasteiger partial charge in [0.05, 0.1) is 0 Å².